The maximum atomic E-state index is 13.3. The average molecular weight is 403 g/mol. The van der Waals surface area contributed by atoms with Gasteiger partial charge in [0.15, 0.2) is 0 Å². The molecule has 0 radical (unpaired) electrons. The van der Waals surface area contributed by atoms with Crippen LogP contribution in [0.1, 0.15) is 64.0 Å². The van der Waals surface area contributed by atoms with Gasteiger partial charge in [0.25, 0.3) is 0 Å². The van der Waals surface area contributed by atoms with Crippen molar-refractivity contribution in [3.05, 3.63) is 29.8 Å². The minimum atomic E-state index is 0.183. The molecule has 1 unspecified atom stereocenters. The molecule has 1 atom stereocenters. The van der Waals surface area contributed by atoms with Crippen molar-refractivity contribution in [3.63, 3.8) is 0 Å². The van der Waals surface area contributed by atoms with Crippen LogP contribution in [0.3, 0.4) is 0 Å². The molecular formula is C24H38N2O3. The third-order valence-corrected chi connectivity index (χ3v) is 6.13. The maximum Gasteiger partial charge on any atom is 0.237 e. The lowest BCUT2D eigenvalue weighted by atomic mass is 10.0. The third kappa shape index (κ3) is 6.45. The number of piperidine rings is 1. The first-order valence-electron chi connectivity index (χ1n) is 11.3. The van der Waals surface area contributed by atoms with Crippen LogP contribution in [0.25, 0.3) is 0 Å². The summed E-state index contributed by atoms with van der Waals surface area (Å²) in [5, 5.41) is 0. The summed E-state index contributed by atoms with van der Waals surface area (Å²) in [5.41, 5.74) is 1.22. The highest BCUT2D eigenvalue weighted by molar-refractivity contribution is 5.79. The SMILES string of the molecule is COc1ccc(C2CCCCCN2C(=O)CN2CCC(OCC(C)C)CC2)cc1. The van der Waals surface area contributed by atoms with Gasteiger partial charge in [-0.1, -0.05) is 38.8 Å². The molecule has 0 spiro atoms. The van der Waals surface area contributed by atoms with Gasteiger partial charge in [-0.3, -0.25) is 9.69 Å². The van der Waals surface area contributed by atoms with E-state index in [1.165, 1.54) is 18.4 Å². The Hall–Kier alpha value is -1.59. The molecule has 0 aliphatic carbocycles. The molecule has 1 aromatic carbocycles. The van der Waals surface area contributed by atoms with E-state index in [2.05, 4.69) is 35.8 Å². The fraction of sp³-hybridized carbons (Fsp3) is 0.708. The van der Waals surface area contributed by atoms with Crippen LogP contribution in [0.15, 0.2) is 24.3 Å². The Bertz CT molecular complexity index is 624. The van der Waals surface area contributed by atoms with Crippen LogP contribution < -0.4 is 4.74 Å². The van der Waals surface area contributed by atoms with Gasteiger partial charge >= 0.3 is 0 Å². The Morgan fingerprint density at radius 1 is 1.03 bits per heavy atom. The molecule has 3 rings (SSSR count). The Morgan fingerprint density at radius 2 is 1.76 bits per heavy atom. The first kappa shape index (κ1) is 22.1. The van der Waals surface area contributed by atoms with Gasteiger partial charge in [0.2, 0.25) is 5.91 Å². The maximum absolute atomic E-state index is 13.3. The first-order chi connectivity index (χ1) is 14.1. The molecule has 0 bridgehead atoms. The van der Waals surface area contributed by atoms with Gasteiger partial charge in [-0.25, -0.2) is 0 Å². The smallest absolute Gasteiger partial charge is 0.237 e. The van der Waals surface area contributed by atoms with E-state index >= 15 is 0 Å². The molecule has 0 N–H and O–H groups in total. The summed E-state index contributed by atoms with van der Waals surface area (Å²) in [7, 11) is 1.69. The van der Waals surface area contributed by atoms with E-state index < -0.39 is 0 Å². The van der Waals surface area contributed by atoms with Crippen molar-refractivity contribution in [3.8, 4) is 5.75 Å². The molecule has 2 heterocycles. The zero-order valence-electron chi connectivity index (χ0n) is 18.4. The first-order valence-corrected chi connectivity index (χ1v) is 11.3. The number of hydrogen-bond acceptors (Lipinski definition) is 4. The van der Waals surface area contributed by atoms with Gasteiger partial charge in [-0.05, 0) is 49.3 Å². The molecule has 5 nitrogen and oxygen atoms in total. The highest BCUT2D eigenvalue weighted by Crippen LogP contribution is 2.31. The lowest BCUT2D eigenvalue weighted by Crippen LogP contribution is -2.45. The lowest BCUT2D eigenvalue weighted by Gasteiger charge is -2.35. The van der Waals surface area contributed by atoms with Gasteiger partial charge in [-0.15, -0.1) is 0 Å². The van der Waals surface area contributed by atoms with Crippen LogP contribution in [0, 0.1) is 5.92 Å². The molecule has 162 valence electrons. The van der Waals surface area contributed by atoms with Crippen molar-refractivity contribution in [2.45, 2.75) is 64.5 Å². The predicted octanol–water partition coefficient (Wildman–Crippen LogP) is 4.28. The molecule has 2 fully saturated rings. The molecule has 29 heavy (non-hydrogen) atoms. The van der Waals surface area contributed by atoms with Crippen LogP contribution in [0.2, 0.25) is 0 Å². The molecule has 1 aromatic rings. The van der Waals surface area contributed by atoms with Crippen LogP contribution in [-0.2, 0) is 9.53 Å². The van der Waals surface area contributed by atoms with Gasteiger partial charge in [-0.2, -0.15) is 0 Å². The molecule has 2 saturated heterocycles. The largest absolute Gasteiger partial charge is 0.497 e. The molecule has 0 aromatic heterocycles. The summed E-state index contributed by atoms with van der Waals surface area (Å²) in [6, 6.07) is 8.43. The second-order valence-corrected chi connectivity index (χ2v) is 8.93. The number of nitrogens with zero attached hydrogens (tertiary/aromatic N) is 2. The van der Waals surface area contributed by atoms with E-state index in [1.807, 2.05) is 12.1 Å². The summed E-state index contributed by atoms with van der Waals surface area (Å²) in [5.74, 6) is 1.71. The predicted molar refractivity (Wildman–Crippen MR) is 116 cm³/mol. The number of methoxy groups -OCH3 is 1. The van der Waals surface area contributed by atoms with E-state index in [-0.39, 0.29) is 11.9 Å². The van der Waals surface area contributed by atoms with Crippen molar-refractivity contribution in [1.82, 2.24) is 9.80 Å². The Balaban J connectivity index is 1.57. The molecule has 2 aliphatic heterocycles. The Kier molecular flexibility index (Phi) is 8.37. The normalized spacial score (nSPS) is 21.9. The van der Waals surface area contributed by atoms with Crippen LogP contribution in [-0.4, -0.2) is 61.7 Å². The summed E-state index contributed by atoms with van der Waals surface area (Å²) in [6.45, 7) is 8.52. The minimum absolute atomic E-state index is 0.183. The van der Waals surface area contributed by atoms with Gasteiger partial charge in [0, 0.05) is 26.2 Å². The van der Waals surface area contributed by atoms with Crippen molar-refractivity contribution in [2.75, 3.05) is 39.9 Å². The van der Waals surface area contributed by atoms with E-state index in [0.717, 1.165) is 57.7 Å². The topological polar surface area (TPSA) is 42.0 Å². The van der Waals surface area contributed by atoms with Gasteiger partial charge < -0.3 is 14.4 Å². The van der Waals surface area contributed by atoms with Crippen molar-refractivity contribution < 1.29 is 14.3 Å². The average Bonchev–Trinajstić information content (AvgIpc) is 2.99. The summed E-state index contributed by atoms with van der Waals surface area (Å²) < 4.78 is 11.3. The second-order valence-electron chi connectivity index (χ2n) is 8.93. The van der Waals surface area contributed by atoms with E-state index in [0.29, 0.717) is 18.6 Å². The zero-order chi connectivity index (χ0) is 20.6. The van der Waals surface area contributed by atoms with Crippen LogP contribution in [0.5, 0.6) is 5.75 Å². The number of carbonyl (C=O) groups excluding carboxylic acids is 1. The van der Waals surface area contributed by atoms with Gasteiger partial charge in [0.1, 0.15) is 5.75 Å². The monoisotopic (exact) mass is 402 g/mol. The summed E-state index contributed by atoms with van der Waals surface area (Å²) >= 11 is 0. The Labute approximate surface area is 176 Å². The standard InChI is InChI=1S/C24H38N2O3/c1-19(2)18-29-22-12-15-25(16-13-22)17-24(27)26-14-6-4-5-7-23(26)20-8-10-21(28-3)11-9-20/h8-11,19,22-23H,4-7,12-18H2,1-3H3. The number of benzene rings is 1. The number of likely N-dealkylation sites (tertiary alicyclic amines) is 2. The molecule has 1 amide bonds. The quantitative estimate of drug-likeness (QED) is 0.683. The third-order valence-electron chi connectivity index (χ3n) is 6.13. The molecule has 0 saturated carbocycles. The van der Waals surface area contributed by atoms with Crippen molar-refractivity contribution in [2.24, 2.45) is 5.92 Å². The second kappa shape index (κ2) is 11.0. The van der Waals surface area contributed by atoms with E-state index in [9.17, 15) is 4.79 Å². The number of rotatable bonds is 7. The number of hydrogen-bond donors (Lipinski definition) is 0. The van der Waals surface area contributed by atoms with Crippen LogP contribution >= 0.6 is 0 Å². The zero-order valence-corrected chi connectivity index (χ0v) is 18.4. The molecule has 2 aliphatic rings. The van der Waals surface area contributed by atoms with Crippen molar-refractivity contribution >= 4 is 5.91 Å². The Morgan fingerprint density at radius 3 is 2.41 bits per heavy atom. The number of amides is 1. The highest BCUT2D eigenvalue weighted by atomic mass is 16.5. The number of carbonyl (C=O) groups is 1. The highest BCUT2D eigenvalue weighted by Gasteiger charge is 2.29. The fourth-order valence-corrected chi connectivity index (χ4v) is 4.42. The van der Waals surface area contributed by atoms with Crippen molar-refractivity contribution in [1.29, 1.82) is 0 Å². The summed E-state index contributed by atoms with van der Waals surface area (Å²) in [4.78, 5) is 17.7. The summed E-state index contributed by atoms with van der Waals surface area (Å²) in [6.07, 6.45) is 6.94. The molecular weight excluding hydrogens is 364 g/mol. The van der Waals surface area contributed by atoms with E-state index in [4.69, 9.17) is 9.47 Å². The fourth-order valence-electron chi connectivity index (χ4n) is 4.42. The van der Waals surface area contributed by atoms with Crippen LogP contribution in [0.4, 0.5) is 0 Å². The molecule has 5 heteroatoms. The van der Waals surface area contributed by atoms with Gasteiger partial charge in [0.05, 0.1) is 25.8 Å². The lowest BCUT2D eigenvalue weighted by molar-refractivity contribution is -0.135. The van der Waals surface area contributed by atoms with E-state index in [1.54, 1.807) is 7.11 Å². The minimum Gasteiger partial charge on any atom is -0.497 e. The number of ether oxygens (including phenoxy) is 2.